The van der Waals surface area contributed by atoms with Crippen LogP contribution >= 0.6 is 0 Å². The molecule has 0 heterocycles. The molecule has 3 rings (SSSR count). The Morgan fingerprint density at radius 1 is 1.23 bits per heavy atom. The van der Waals surface area contributed by atoms with Crippen molar-refractivity contribution >= 4 is 12.0 Å². The van der Waals surface area contributed by atoms with Crippen molar-refractivity contribution in [3.05, 3.63) is 75.9 Å². The van der Waals surface area contributed by atoms with Crippen molar-refractivity contribution in [2.24, 2.45) is 0 Å². The summed E-state index contributed by atoms with van der Waals surface area (Å²) in [5.41, 5.74) is 7.93. The van der Waals surface area contributed by atoms with Crippen LogP contribution in [0, 0.1) is 13.8 Å². The Morgan fingerprint density at radius 2 is 2.08 bits per heavy atom. The molecule has 0 spiro atoms. The average Bonchev–Trinajstić information content (AvgIpc) is 3.04. The van der Waals surface area contributed by atoms with Gasteiger partial charge >= 0.3 is 5.97 Å². The molecule has 0 fully saturated rings. The van der Waals surface area contributed by atoms with Crippen LogP contribution in [0.3, 0.4) is 0 Å². The second-order valence-corrected chi connectivity index (χ2v) is 7.04. The second kappa shape index (κ2) is 8.33. The van der Waals surface area contributed by atoms with Crippen LogP contribution in [0.15, 0.2) is 42.5 Å². The van der Waals surface area contributed by atoms with Gasteiger partial charge in [0, 0.05) is 12.1 Å². The van der Waals surface area contributed by atoms with Crippen LogP contribution in [0.2, 0.25) is 0 Å². The summed E-state index contributed by atoms with van der Waals surface area (Å²) in [5, 5.41) is 3.71. The lowest BCUT2D eigenvalue weighted by atomic mass is 10.0. The summed E-state index contributed by atoms with van der Waals surface area (Å²) in [6.07, 6.45) is 6.55. The Balaban J connectivity index is 1.59. The molecule has 1 N–H and O–H groups in total. The highest BCUT2D eigenvalue weighted by molar-refractivity contribution is 5.86. The first-order valence-electron chi connectivity index (χ1n) is 9.25. The Bertz CT molecular complexity index is 823. The molecule has 1 unspecified atom stereocenters. The Labute approximate surface area is 156 Å². The summed E-state index contributed by atoms with van der Waals surface area (Å²) in [7, 11) is 1.39. The number of ether oxygens (including phenoxy) is 1. The van der Waals surface area contributed by atoms with E-state index in [1.54, 1.807) is 0 Å². The molecular formula is C23H27NO2. The monoisotopic (exact) mass is 349 g/mol. The van der Waals surface area contributed by atoms with E-state index in [9.17, 15) is 4.79 Å². The predicted octanol–water partition coefficient (Wildman–Crippen LogP) is 4.31. The SMILES string of the molecule is COC(=O)C=Cc1ccc2c(c1)CCC2NCCc1ccc(C)cc1C. The average molecular weight is 349 g/mol. The third-order valence-corrected chi connectivity index (χ3v) is 5.14. The first kappa shape index (κ1) is 18.4. The molecule has 2 aromatic rings. The van der Waals surface area contributed by atoms with Gasteiger partial charge in [0.25, 0.3) is 0 Å². The predicted molar refractivity (Wildman–Crippen MR) is 106 cm³/mol. The van der Waals surface area contributed by atoms with Crippen LogP contribution in [0.4, 0.5) is 0 Å². The van der Waals surface area contributed by atoms with Gasteiger partial charge in [-0.2, -0.15) is 0 Å². The minimum atomic E-state index is -0.323. The number of methoxy groups -OCH3 is 1. The lowest BCUT2D eigenvalue weighted by Gasteiger charge is -2.15. The van der Waals surface area contributed by atoms with E-state index in [0.29, 0.717) is 6.04 Å². The van der Waals surface area contributed by atoms with Gasteiger partial charge in [-0.05, 0) is 73.5 Å². The van der Waals surface area contributed by atoms with Crippen LogP contribution in [0.1, 0.15) is 45.8 Å². The molecule has 0 saturated carbocycles. The normalized spacial score (nSPS) is 16.0. The van der Waals surface area contributed by atoms with Gasteiger partial charge in [0.2, 0.25) is 0 Å². The van der Waals surface area contributed by atoms with E-state index >= 15 is 0 Å². The van der Waals surface area contributed by atoms with Gasteiger partial charge in [-0.1, -0.05) is 42.0 Å². The summed E-state index contributed by atoms with van der Waals surface area (Å²) in [5.74, 6) is -0.323. The third kappa shape index (κ3) is 4.41. The first-order chi connectivity index (χ1) is 12.6. The number of esters is 1. The minimum absolute atomic E-state index is 0.323. The molecule has 1 atom stereocenters. The van der Waals surface area contributed by atoms with E-state index in [2.05, 4.69) is 60.3 Å². The van der Waals surface area contributed by atoms with Crippen molar-refractivity contribution in [1.29, 1.82) is 0 Å². The Kier molecular flexibility index (Phi) is 5.89. The molecule has 0 bridgehead atoms. The maximum absolute atomic E-state index is 11.2. The van der Waals surface area contributed by atoms with E-state index in [-0.39, 0.29) is 5.97 Å². The summed E-state index contributed by atoms with van der Waals surface area (Å²) in [4.78, 5) is 11.2. The molecule has 1 aliphatic carbocycles. The van der Waals surface area contributed by atoms with Gasteiger partial charge in [-0.3, -0.25) is 0 Å². The largest absolute Gasteiger partial charge is 0.466 e. The molecular weight excluding hydrogens is 322 g/mol. The van der Waals surface area contributed by atoms with Gasteiger partial charge in [0.1, 0.15) is 0 Å². The van der Waals surface area contributed by atoms with Crippen LogP contribution in [0.5, 0.6) is 0 Å². The van der Waals surface area contributed by atoms with E-state index in [0.717, 1.165) is 31.4 Å². The van der Waals surface area contributed by atoms with Crippen LogP contribution in [-0.4, -0.2) is 19.6 Å². The van der Waals surface area contributed by atoms with Gasteiger partial charge in [0.15, 0.2) is 0 Å². The Morgan fingerprint density at radius 3 is 2.85 bits per heavy atom. The fraction of sp³-hybridized carbons (Fsp3) is 0.348. The van der Waals surface area contributed by atoms with Crippen molar-refractivity contribution in [1.82, 2.24) is 5.32 Å². The number of aryl methyl sites for hydroxylation is 3. The minimum Gasteiger partial charge on any atom is -0.466 e. The lowest BCUT2D eigenvalue weighted by Crippen LogP contribution is -2.22. The topological polar surface area (TPSA) is 38.3 Å². The maximum Gasteiger partial charge on any atom is 0.330 e. The number of benzene rings is 2. The van der Waals surface area contributed by atoms with Gasteiger partial charge in [0.05, 0.1) is 7.11 Å². The van der Waals surface area contributed by atoms with Crippen LogP contribution in [0.25, 0.3) is 6.08 Å². The zero-order chi connectivity index (χ0) is 18.5. The van der Waals surface area contributed by atoms with Crippen molar-refractivity contribution in [2.45, 2.75) is 39.2 Å². The number of fused-ring (bicyclic) bond motifs is 1. The highest BCUT2D eigenvalue weighted by atomic mass is 16.5. The molecule has 0 aromatic heterocycles. The van der Waals surface area contributed by atoms with Crippen molar-refractivity contribution in [3.63, 3.8) is 0 Å². The molecule has 0 radical (unpaired) electrons. The first-order valence-corrected chi connectivity index (χ1v) is 9.25. The molecule has 0 amide bonds. The van der Waals surface area contributed by atoms with E-state index in [4.69, 9.17) is 0 Å². The van der Waals surface area contributed by atoms with E-state index in [1.807, 2.05) is 6.08 Å². The fourth-order valence-electron chi connectivity index (χ4n) is 3.69. The summed E-state index contributed by atoms with van der Waals surface area (Å²) in [6, 6.07) is 13.6. The van der Waals surface area contributed by atoms with Crippen LogP contribution in [-0.2, 0) is 22.4 Å². The number of hydrogen-bond donors (Lipinski definition) is 1. The quantitative estimate of drug-likeness (QED) is 0.624. The third-order valence-electron chi connectivity index (χ3n) is 5.14. The fourth-order valence-corrected chi connectivity index (χ4v) is 3.69. The smallest absolute Gasteiger partial charge is 0.330 e. The number of hydrogen-bond acceptors (Lipinski definition) is 3. The Hall–Kier alpha value is -2.39. The summed E-state index contributed by atoms with van der Waals surface area (Å²) < 4.78 is 4.64. The molecule has 136 valence electrons. The lowest BCUT2D eigenvalue weighted by molar-refractivity contribution is -0.134. The van der Waals surface area contributed by atoms with Gasteiger partial charge < -0.3 is 10.1 Å². The van der Waals surface area contributed by atoms with Gasteiger partial charge in [-0.15, -0.1) is 0 Å². The molecule has 3 heteroatoms. The molecule has 2 aromatic carbocycles. The number of rotatable bonds is 6. The van der Waals surface area contributed by atoms with Crippen molar-refractivity contribution in [3.8, 4) is 0 Å². The number of carbonyl (C=O) groups excluding carboxylic acids is 1. The van der Waals surface area contributed by atoms with E-state index in [1.165, 1.54) is 41.0 Å². The highest BCUT2D eigenvalue weighted by Crippen LogP contribution is 2.32. The molecule has 3 nitrogen and oxygen atoms in total. The van der Waals surface area contributed by atoms with Crippen LogP contribution < -0.4 is 5.32 Å². The second-order valence-electron chi connectivity index (χ2n) is 7.04. The molecule has 26 heavy (non-hydrogen) atoms. The zero-order valence-electron chi connectivity index (χ0n) is 15.8. The van der Waals surface area contributed by atoms with Gasteiger partial charge in [-0.25, -0.2) is 4.79 Å². The number of nitrogens with one attached hydrogen (secondary N) is 1. The maximum atomic E-state index is 11.2. The highest BCUT2D eigenvalue weighted by Gasteiger charge is 2.21. The summed E-state index contributed by atoms with van der Waals surface area (Å²) >= 11 is 0. The number of carbonyl (C=O) groups is 1. The molecule has 0 saturated heterocycles. The van der Waals surface area contributed by atoms with Crippen molar-refractivity contribution in [2.75, 3.05) is 13.7 Å². The van der Waals surface area contributed by atoms with E-state index < -0.39 is 0 Å². The molecule has 1 aliphatic rings. The molecule has 0 aliphatic heterocycles. The summed E-state index contributed by atoms with van der Waals surface area (Å²) in [6.45, 7) is 5.31. The van der Waals surface area contributed by atoms with Crippen molar-refractivity contribution < 1.29 is 9.53 Å². The zero-order valence-corrected chi connectivity index (χ0v) is 15.8. The standard InChI is InChI=1S/C23H27NO2/c1-16-4-7-19(17(2)14-16)12-13-24-22-10-8-20-15-18(5-9-21(20)22)6-11-23(25)26-3/h4-7,9,11,14-15,22,24H,8,10,12-13H2,1-3H3.